The van der Waals surface area contributed by atoms with Crippen molar-refractivity contribution in [2.45, 2.75) is 11.8 Å². The van der Waals surface area contributed by atoms with E-state index in [4.69, 9.17) is 0 Å². The number of aromatic hydroxyl groups is 3. The molecule has 0 aromatic heterocycles. The zero-order valence-electron chi connectivity index (χ0n) is 25.2. The fourth-order valence-electron chi connectivity index (χ4n) is 6.59. The summed E-state index contributed by atoms with van der Waals surface area (Å²) in [6.45, 7) is 5.26. The maximum Gasteiger partial charge on any atom is 0.202 e. The number of aliphatic hydroxyl groups is 1. The van der Waals surface area contributed by atoms with Gasteiger partial charge in [-0.05, 0) is 79.1 Å². The highest BCUT2D eigenvalue weighted by molar-refractivity contribution is 8.02. The lowest BCUT2D eigenvalue weighted by Gasteiger charge is -2.34. The minimum absolute atomic E-state index is 0.0550. The minimum atomic E-state index is -0.580. The highest BCUT2D eigenvalue weighted by atomic mass is 32.2. The van der Waals surface area contributed by atoms with E-state index in [0.717, 1.165) is 49.7 Å². The van der Waals surface area contributed by atoms with Gasteiger partial charge in [0, 0.05) is 17.4 Å². The first-order chi connectivity index (χ1) is 22.3. The van der Waals surface area contributed by atoms with Crippen molar-refractivity contribution in [3.05, 3.63) is 166 Å². The van der Waals surface area contributed by atoms with Gasteiger partial charge in [-0.2, -0.15) is 0 Å². The van der Waals surface area contributed by atoms with Crippen molar-refractivity contribution in [1.82, 2.24) is 0 Å². The molecule has 2 atom stereocenters. The van der Waals surface area contributed by atoms with Crippen LogP contribution in [0.4, 0.5) is 0 Å². The number of hydrogen-bond acceptors (Lipinski definition) is 5. The third-order valence-corrected chi connectivity index (χ3v) is 9.94. The maximum atomic E-state index is 11.3. The summed E-state index contributed by atoms with van der Waals surface area (Å²) < 4.78 is 0. The van der Waals surface area contributed by atoms with Crippen LogP contribution in [0.25, 0.3) is 33.0 Å². The van der Waals surface area contributed by atoms with Gasteiger partial charge in [-0.25, -0.2) is 0 Å². The molecule has 5 aromatic rings. The molecule has 0 saturated carbocycles. The van der Waals surface area contributed by atoms with Crippen molar-refractivity contribution >= 4 is 33.7 Å². The van der Waals surface area contributed by atoms with Crippen molar-refractivity contribution in [2.24, 2.45) is 11.8 Å². The van der Waals surface area contributed by atoms with E-state index in [1.807, 2.05) is 24.3 Å². The largest absolute Gasteiger partial charge is 0.508 e. The SMILES string of the molecule is C=C(O)/C(C)=C/Sc1cc(C2=c3ccccc3=C(c3cccc4cc(-c5ccccc5)ccc34)C3C=CC=CC23)c(O)c(O)c1O. The fraction of sp³-hybridized carbons (Fsp3) is 0.0732. The van der Waals surface area contributed by atoms with Gasteiger partial charge >= 0.3 is 0 Å². The molecule has 46 heavy (non-hydrogen) atoms. The van der Waals surface area contributed by atoms with Gasteiger partial charge in [0.1, 0.15) is 5.76 Å². The van der Waals surface area contributed by atoms with E-state index in [-0.39, 0.29) is 23.3 Å². The van der Waals surface area contributed by atoms with Crippen LogP contribution >= 0.6 is 11.8 Å². The molecule has 0 radical (unpaired) electrons. The van der Waals surface area contributed by atoms with E-state index in [2.05, 4.69) is 97.6 Å². The van der Waals surface area contributed by atoms with Gasteiger partial charge in [-0.3, -0.25) is 0 Å². The second-order valence-electron chi connectivity index (χ2n) is 11.6. The molecule has 0 aliphatic heterocycles. The number of allylic oxidation sites excluding steroid dienone is 5. The summed E-state index contributed by atoms with van der Waals surface area (Å²) in [6.07, 6.45) is 8.44. The van der Waals surface area contributed by atoms with Crippen LogP contribution in [0.1, 0.15) is 18.1 Å². The first-order valence-corrected chi connectivity index (χ1v) is 16.0. The maximum absolute atomic E-state index is 11.3. The Balaban J connectivity index is 1.50. The molecule has 2 aliphatic rings. The van der Waals surface area contributed by atoms with Gasteiger partial charge in [0.05, 0.1) is 4.90 Å². The molecule has 226 valence electrons. The summed E-state index contributed by atoms with van der Waals surface area (Å²) in [5, 5.41) is 48.8. The number of thioether (sulfide) groups is 1. The number of hydrogen-bond donors (Lipinski definition) is 4. The molecule has 0 saturated heterocycles. The highest BCUT2D eigenvalue weighted by Gasteiger charge is 2.34. The lowest BCUT2D eigenvalue weighted by molar-refractivity contribution is 0.360. The molecule has 2 aliphatic carbocycles. The summed E-state index contributed by atoms with van der Waals surface area (Å²) in [5.41, 5.74) is 6.51. The van der Waals surface area contributed by atoms with Crippen LogP contribution in [0.2, 0.25) is 0 Å². The van der Waals surface area contributed by atoms with Gasteiger partial charge < -0.3 is 20.4 Å². The number of phenolic OH excluding ortho intramolecular Hbond substituents is 3. The summed E-state index contributed by atoms with van der Waals surface area (Å²) >= 11 is 1.14. The minimum Gasteiger partial charge on any atom is -0.508 e. The predicted molar refractivity (Wildman–Crippen MR) is 188 cm³/mol. The molecular weight excluding hydrogens is 589 g/mol. The molecule has 0 heterocycles. The lowest BCUT2D eigenvalue weighted by Crippen LogP contribution is -2.40. The third kappa shape index (κ3) is 4.99. The van der Waals surface area contributed by atoms with Crippen molar-refractivity contribution in [1.29, 1.82) is 0 Å². The number of fused-ring (bicyclic) bond motifs is 3. The summed E-state index contributed by atoms with van der Waals surface area (Å²) in [7, 11) is 0. The Morgan fingerprint density at radius 1 is 0.674 bits per heavy atom. The molecule has 4 N–H and O–H groups in total. The average molecular weight is 621 g/mol. The quantitative estimate of drug-likeness (QED) is 0.0663. The van der Waals surface area contributed by atoms with Crippen LogP contribution < -0.4 is 10.4 Å². The van der Waals surface area contributed by atoms with Crippen LogP contribution in [0, 0.1) is 11.8 Å². The molecule has 5 aromatic carbocycles. The molecule has 4 nitrogen and oxygen atoms in total. The monoisotopic (exact) mass is 620 g/mol. The van der Waals surface area contributed by atoms with Gasteiger partial charge in [0.2, 0.25) is 5.75 Å². The second-order valence-corrected chi connectivity index (χ2v) is 12.5. The summed E-state index contributed by atoms with van der Waals surface area (Å²) in [6, 6.07) is 33.4. The predicted octanol–water partition coefficient (Wildman–Crippen LogP) is 8.46. The zero-order valence-corrected chi connectivity index (χ0v) is 26.0. The number of rotatable bonds is 6. The number of aliphatic hydroxyl groups excluding tert-OH is 1. The van der Waals surface area contributed by atoms with E-state index < -0.39 is 11.5 Å². The molecule has 0 amide bonds. The average Bonchev–Trinajstić information content (AvgIpc) is 3.09. The lowest BCUT2D eigenvalue weighted by atomic mass is 9.69. The van der Waals surface area contributed by atoms with E-state index in [9.17, 15) is 20.4 Å². The smallest absolute Gasteiger partial charge is 0.202 e. The van der Waals surface area contributed by atoms with Crippen molar-refractivity contribution in [2.75, 3.05) is 0 Å². The first kappa shape index (κ1) is 29.3. The van der Waals surface area contributed by atoms with Crippen molar-refractivity contribution in [3.8, 4) is 28.4 Å². The van der Waals surface area contributed by atoms with Gasteiger partial charge in [0.15, 0.2) is 11.5 Å². The summed E-state index contributed by atoms with van der Waals surface area (Å²) in [5.74, 6) is -1.67. The molecule has 2 unspecified atom stereocenters. The fourth-order valence-corrected chi connectivity index (χ4v) is 7.42. The Bertz CT molecular complexity index is 2260. The van der Waals surface area contributed by atoms with E-state index >= 15 is 0 Å². The van der Waals surface area contributed by atoms with Gasteiger partial charge in [-0.15, -0.1) is 0 Å². The molecule has 0 fully saturated rings. The molecule has 7 rings (SSSR count). The number of benzene rings is 5. The second kappa shape index (κ2) is 11.8. The van der Waals surface area contributed by atoms with E-state index in [1.54, 1.807) is 18.4 Å². The van der Waals surface area contributed by atoms with E-state index in [0.29, 0.717) is 16.0 Å². The van der Waals surface area contributed by atoms with Crippen LogP contribution in [0.5, 0.6) is 17.2 Å². The normalized spacial score (nSPS) is 17.2. The van der Waals surface area contributed by atoms with Crippen molar-refractivity contribution < 1.29 is 20.4 Å². The zero-order chi connectivity index (χ0) is 31.9. The van der Waals surface area contributed by atoms with Crippen molar-refractivity contribution in [3.63, 3.8) is 0 Å². The molecule has 5 heteroatoms. The van der Waals surface area contributed by atoms with Gasteiger partial charge in [0.25, 0.3) is 0 Å². The first-order valence-electron chi connectivity index (χ1n) is 15.1. The van der Waals surface area contributed by atoms with E-state index in [1.165, 1.54) is 11.1 Å². The van der Waals surface area contributed by atoms with Crippen LogP contribution in [0.3, 0.4) is 0 Å². The number of phenols is 3. The molecular formula is C41H32O4S. The Hall–Kier alpha value is -5.39. The van der Waals surface area contributed by atoms with Crippen LogP contribution in [-0.2, 0) is 0 Å². The third-order valence-electron chi connectivity index (χ3n) is 8.91. The Morgan fingerprint density at radius 3 is 2.00 bits per heavy atom. The van der Waals surface area contributed by atoms with Crippen LogP contribution in [-0.4, -0.2) is 20.4 Å². The van der Waals surface area contributed by atoms with Crippen LogP contribution in [0.15, 0.2) is 150 Å². The van der Waals surface area contributed by atoms with Gasteiger partial charge in [-0.1, -0.05) is 128 Å². The molecule has 0 bridgehead atoms. The topological polar surface area (TPSA) is 80.9 Å². The standard InChI is InChI=1S/C41H32O4S/c1-24(25(2)42)23-46-36-22-35(39(43)41(45)40(36)44)38-33-16-8-6-14-31(33)37(32-15-7-9-17-34(32)38)30-18-10-13-28-21-27(19-20-29(28)30)26-11-4-3-5-12-26/h3-23,31,33,42-45H,2H2,1H3/b24-23+. The summed E-state index contributed by atoms with van der Waals surface area (Å²) in [4.78, 5) is 0.348. The Morgan fingerprint density at radius 2 is 1.33 bits per heavy atom. The Kier molecular flexibility index (Phi) is 7.55. The molecule has 0 spiro atoms. The Labute approximate surface area is 271 Å². The highest BCUT2D eigenvalue weighted by Crippen LogP contribution is 2.50.